The van der Waals surface area contributed by atoms with Crippen LogP contribution in [-0.4, -0.2) is 10.7 Å². The Balaban J connectivity index is 2.46. The zero-order chi connectivity index (χ0) is 7.61. The summed E-state index contributed by atoms with van der Waals surface area (Å²) >= 11 is 3.23. The molecule has 10 heavy (non-hydrogen) atoms. The van der Waals surface area contributed by atoms with Crippen molar-refractivity contribution in [1.82, 2.24) is 0 Å². The molecule has 1 rings (SSSR count). The highest BCUT2D eigenvalue weighted by Gasteiger charge is 2.33. The van der Waals surface area contributed by atoms with Crippen molar-refractivity contribution in [3.05, 3.63) is 0 Å². The molecule has 1 aliphatic carbocycles. The summed E-state index contributed by atoms with van der Waals surface area (Å²) in [6.45, 7) is 0. The lowest BCUT2D eigenvalue weighted by atomic mass is 10.1. The fourth-order valence-corrected chi connectivity index (χ4v) is 2.08. The second-order valence-electron chi connectivity index (χ2n) is 2.90. The average molecular weight is 213 g/mol. The van der Waals surface area contributed by atoms with Gasteiger partial charge in [-0.3, -0.25) is 0 Å². The predicted molar refractivity (Wildman–Crippen MR) is 40.7 cm³/mol. The van der Waals surface area contributed by atoms with Gasteiger partial charge in [-0.1, -0.05) is 22.4 Å². The molecular weight excluding hydrogens is 202 g/mol. The number of hydrogen-bond donors (Lipinski definition) is 0. The monoisotopic (exact) mass is 212 g/mol. The van der Waals surface area contributed by atoms with E-state index >= 15 is 0 Å². The summed E-state index contributed by atoms with van der Waals surface area (Å²) in [6.07, 6.45) is 2.61. The van der Waals surface area contributed by atoms with Crippen LogP contribution in [0.2, 0.25) is 0 Å². The van der Waals surface area contributed by atoms with Crippen LogP contribution in [0.3, 0.4) is 0 Å². The van der Waals surface area contributed by atoms with Crippen molar-refractivity contribution in [2.45, 2.75) is 42.9 Å². The molecule has 0 spiro atoms. The number of rotatable bonds is 0. The third kappa shape index (κ3) is 2.52. The van der Waals surface area contributed by atoms with Gasteiger partial charge < -0.3 is 0 Å². The van der Waals surface area contributed by atoms with Gasteiger partial charge in [-0.2, -0.15) is 0 Å². The number of halogens is 3. The number of hydrogen-bond acceptors (Lipinski definition) is 0. The van der Waals surface area contributed by atoms with Crippen LogP contribution >= 0.6 is 15.9 Å². The predicted octanol–water partition coefficient (Wildman–Crippen LogP) is 3.35. The van der Waals surface area contributed by atoms with Gasteiger partial charge in [0.05, 0.1) is 0 Å². The van der Waals surface area contributed by atoms with Crippen LogP contribution in [-0.2, 0) is 0 Å². The Morgan fingerprint density at radius 3 is 2.70 bits per heavy atom. The van der Waals surface area contributed by atoms with E-state index in [0.717, 1.165) is 12.8 Å². The fourth-order valence-electron chi connectivity index (χ4n) is 1.28. The minimum atomic E-state index is -2.41. The lowest BCUT2D eigenvalue weighted by molar-refractivity contribution is -0.0121. The molecule has 60 valence electrons. The first-order valence-electron chi connectivity index (χ1n) is 3.62. The van der Waals surface area contributed by atoms with Crippen LogP contribution in [0, 0.1) is 0 Å². The topological polar surface area (TPSA) is 0 Å². The van der Waals surface area contributed by atoms with Crippen LogP contribution in [0.25, 0.3) is 0 Å². The fraction of sp³-hybridized carbons (Fsp3) is 1.00. The molecule has 1 atom stereocenters. The molecule has 0 bridgehead atoms. The molecule has 0 aliphatic heterocycles. The van der Waals surface area contributed by atoms with Gasteiger partial charge in [0, 0.05) is 17.7 Å². The summed E-state index contributed by atoms with van der Waals surface area (Å²) < 4.78 is 25.4. The summed E-state index contributed by atoms with van der Waals surface area (Å²) in [5.74, 6) is -2.41. The molecule has 0 amide bonds. The molecule has 0 aromatic carbocycles. The van der Waals surface area contributed by atoms with Crippen molar-refractivity contribution >= 4 is 15.9 Å². The van der Waals surface area contributed by atoms with Crippen molar-refractivity contribution in [2.24, 2.45) is 0 Å². The molecule has 1 aliphatic rings. The van der Waals surface area contributed by atoms with E-state index in [2.05, 4.69) is 15.9 Å². The van der Waals surface area contributed by atoms with E-state index < -0.39 is 5.92 Å². The van der Waals surface area contributed by atoms with E-state index in [4.69, 9.17) is 0 Å². The van der Waals surface area contributed by atoms with E-state index in [0.29, 0.717) is 6.42 Å². The highest BCUT2D eigenvalue weighted by atomic mass is 79.9. The largest absolute Gasteiger partial charge is 0.249 e. The van der Waals surface area contributed by atoms with Crippen molar-refractivity contribution in [1.29, 1.82) is 0 Å². The van der Waals surface area contributed by atoms with Crippen LogP contribution in [0.15, 0.2) is 0 Å². The molecule has 0 aromatic heterocycles. The molecule has 1 unspecified atom stereocenters. The van der Waals surface area contributed by atoms with Gasteiger partial charge in [-0.25, -0.2) is 8.78 Å². The molecule has 3 heteroatoms. The third-order valence-electron chi connectivity index (χ3n) is 1.83. The van der Waals surface area contributed by atoms with E-state index in [9.17, 15) is 8.78 Å². The Hall–Kier alpha value is 0.340. The summed E-state index contributed by atoms with van der Waals surface area (Å²) in [5.41, 5.74) is 0. The Morgan fingerprint density at radius 1 is 1.30 bits per heavy atom. The Kier molecular flexibility index (Phi) is 2.67. The average Bonchev–Trinajstić information content (AvgIpc) is 1.90. The van der Waals surface area contributed by atoms with E-state index in [1.165, 1.54) is 0 Å². The zero-order valence-corrected chi connectivity index (χ0v) is 7.33. The Bertz CT molecular complexity index is 114. The molecule has 0 saturated heterocycles. The molecule has 1 saturated carbocycles. The van der Waals surface area contributed by atoms with Gasteiger partial charge in [0.1, 0.15) is 0 Å². The van der Waals surface area contributed by atoms with Crippen molar-refractivity contribution in [3.63, 3.8) is 0 Å². The van der Waals surface area contributed by atoms with Crippen LogP contribution < -0.4 is 0 Å². The van der Waals surface area contributed by atoms with Crippen molar-refractivity contribution < 1.29 is 8.78 Å². The van der Waals surface area contributed by atoms with Gasteiger partial charge in [-0.15, -0.1) is 0 Å². The quantitative estimate of drug-likeness (QED) is 0.427. The maximum absolute atomic E-state index is 12.7. The van der Waals surface area contributed by atoms with Gasteiger partial charge >= 0.3 is 0 Å². The maximum atomic E-state index is 12.7. The normalized spacial score (nSPS) is 33.3. The van der Waals surface area contributed by atoms with E-state index in [-0.39, 0.29) is 17.7 Å². The second kappa shape index (κ2) is 3.16. The molecule has 0 nitrogen and oxygen atoms in total. The van der Waals surface area contributed by atoms with Crippen LogP contribution in [0.5, 0.6) is 0 Å². The smallest absolute Gasteiger partial charge is 0.207 e. The molecule has 1 fully saturated rings. The molecule has 0 aromatic rings. The van der Waals surface area contributed by atoms with Gasteiger partial charge in [0.25, 0.3) is 0 Å². The minimum Gasteiger partial charge on any atom is -0.207 e. The Labute approximate surface area is 68.1 Å². The summed E-state index contributed by atoms with van der Waals surface area (Å²) in [5, 5.41) is 0. The van der Waals surface area contributed by atoms with Crippen molar-refractivity contribution in [3.8, 4) is 0 Å². The van der Waals surface area contributed by atoms with Gasteiger partial charge in [0.2, 0.25) is 5.92 Å². The molecule has 0 radical (unpaired) electrons. The standard InChI is InChI=1S/C7H11BrF2/c8-6-3-1-2-4-7(9,10)5-6/h6H,1-5H2. The molecule has 0 N–H and O–H groups in total. The molecular formula is C7H11BrF2. The first-order valence-corrected chi connectivity index (χ1v) is 4.54. The number of alkyl halides is 3. The first kappa shape index (κ1) is 8.44. The SMILES string of the molecule is FC1(F)CCCCC(Br)C1. The van der Waals surface area contributed by atoms with E-state index in [1.54, 1.807) is 0 Å². The van der Waals surface area contributed by atoms with Crippen LogP contribution in [0.1, 0.15) is 32.1 Å². The minimum absolute atomic E-state index is 0.0208. The van der Waals surface area contributed by atoms with Gasteiger partial charge in [-0.05, 0) is 12.8 Å². The highest BCUT2D eigenvalue weighted by molar-refractivity contribution is 9.09. The third-order valence-corrected chi connectivity index (χ3v) is 2.61. The summed E-state index contributed by atoms with van der Waals surface area (Å²) in [4.78, 5) is 0.0324. The first-order chi connectivity index (χ1) is 4.60. The highest BCUT2D eigenvalue weighted by Crippen LogP contribution is 2.34. The van der Waals surface area contributed by atoms with Crippen molar-refractivity contribution in [2.75, 3.05) is 0 Å². The van der Waals surface area contributed by atoms with Crippen LogP contribution in [0.4, 0.5) is 8.78 Å². The summed E-state index contributed by atoms with van der Waals surface area (Å²) in [6, 6.07) is 0. The van der Waals surface area contributed by atoms with E-state index in [1.807, 2.05) is 0 Å². The Morgan fingerprint density at radius 2 is 2.00 bits per heavy atom. The van der Waals surface area contributed by atoms with Gasteiger partial charge in [0.15, 0.2) is 0 Å². The zero-order valence-electron chi connectivity index (χ0n) is 5.75. The lowest BCUT2D eigenvalue weighted by Crippen LogP contribution is -2.17. The lowest BCUT2D eigenvalue weighted by Gasteiger charge is -2.14. The molecule has 0 heterocycles. The maximum Gasteiger partial charge on any atom is 0.249 e. The summed E-state index contributed by atoms with van der Waals surface area (Å²) in [7, 11) is 0. The second-order valence-corrected chi connectivity index (χ2v) is 4.20.